The molecular weight excluding hydrogens is 234 g/mol. The summed E-state index contributed by atoms with van der Waals surface area (Å²) in [5.74, 6) is 0.905. The third-order valence-electron chi connectivity index (χ3n) is 3.52. The zero-order valence-electron chi connectivity index (χ0n) is 11.8. The SMILES string of the molecule is CN=C(NCCc1ccccc1C)NC1CC=CC1. The molecule has 0 bridgehead atoms. The van der Waals surface area contributed by atoms with E-state index in [0.29, 0.717) is 6.04 Å². The second-order valence-electron chi connectivity index (χ2n) is 4.96. The van der Waals surface area contributed by atoms with Crippen molar-refractivity contribution in [1.29, 1.82) is 0 Å². The van der Waals surface area contributed by atoms with E-state index in [1.807, 2.05) is 7.05 Å². The molecule has 0 amide bonds. The van der Waals surface area contributed by atoms with Gasteiger partial charge in [-0.25, -0.2) is 0 Å². The van der Waals surface area contributed by atoms with Gasteiger partial charge in [0.2, 0.25) is 0 Å². The van der Waals surface area contributed by atoms with E-state index >= 15 is 0 Å². The van der Waals surface area contributed by atoms with E-state index in [1.165, 1.54) is 11.1 Å². The van der Waals surface area contributed by atoms with Crippen molar-refractivity contribution in [2.75, 3.05) is 13.6 Å². The predicted molar refractivity (Wildman–Crippen MR) is 81.5 cm³/mol. The van der Waals surface area contributed by atoms with Crippen LogP contribution in [0.15, 0.2) is 41.4 Å². The lowest BCUT2D eigenvalue weighted by Gasteiger charge is -2.17. The summed E-state index contributed by atoms with van der Waals surface area (Å²) in [6.45, 7) is 3.07. The minimum atomic E-state index is 0.504. The van der Waals surface area contributed by atoms with Crippen LogP contribution in [0, 0.1) is 6.92 Å². The number of aliphatic imine (C=N–C) groups is 1. The monoisotopic (exact) mass is 257 g/mol. The zero-order chi connectivity index (χ0) is 13.5. The molecule has 0 unspecified atom stereocenters. The minimum absolute atomic E-state index is 0.504. The molecule has 0 atom stereocenters. The van der Waals surface area contributed by atoms with Crippen molar-refractivity contribution in [2.24, 2.45) is 4.99 Å². The van der Waals surface area contributed by atoms with Gasteiger partial charge in [-0.3, -0.25) is 4.99 Å². The van der Waals surface area contributed by atoms with Crippen LogP contribution in [0.5, 0.6) is 0 Å². The lowest BCUT2D eigenvalue weighted by atomic mass is 10.1. The summed E-state index contributed by atoms with van der Waals surface area (Å²) in [6.07, 6.45) is 7.66. The molecular formula is C16H23N3. The van der Waals surface area contributed by atoms with E-state index in [-0.39, 0.29) is 0 Å². The van der Waals surface area contributed by atoms with Crippen molar-refractivity contribution < 1.29 is 0 Å². The molecule has 0 saturated carbocycles. The largest absolute Gasteiger partial charge is 0.356 e. The highest BCUT2D eigenvalue weighted by molar-refractivity contribution is 5.80. The smallest absolute Gasteiger partial charge is 0.191 e. The number of rotatable bonds is 4. The van der Waals surface area contributed by atoms with Gasteiger partial charge < -0.3 is 10.6 Å². The van der Waals surface area contributed by atoms with Crippen molar-refractivity contribution in [3.63, 3.8) is 0 Å². The maximum atomic E-state index is 4.27. The third kappa shape index (κ3) is 4.12. The van der Waals surface area contributed by atoms with Gasteiger partial charge in [-0.05, 0) is 37.3 Å². The van der Waals surface area contributed by atoms with Crippen molar-refractivity contribution in [1.82, 2.24) is 10.6 Å². The molecule has 19 heavy (non-hydrogen) atoms. The van der Waals surface area contributed by atoms with E-state index in [4.69, 9.17) is 0 Å². The van der Waals surface area contributed by atoms with Crippen LogP contribution < -0.4 is 10.6 Å². The van der Waals surface area contributed by atoms with Gasteiger partial charge in [0.1, 0.15) is 0 Å². The Bertz CT molecular complexity index is 455. The van der Waals surface area contributed by atoms with Crippen LogP contribution in [-0.4, -0.2) is 25.6 Å². The molecule has 1 aliphatic carbocycles. The average molecular weight is 257 g/mol. The first-order chi connectivity index (χ1) is 9.29. The van der Waals surface area contributed by atoms with Crippen molar-refractivity contribution in [3.05, 3.63) is 47.5 Å². The molecule has 0 heterocycles. The van der Waals surface area contributed by atoms with Crippen LogP contribution in [-0.2, 0) is 6.42 Å². The molecule has 0 saturated heterocycles. The average Bonchev–Trinajstić information content (AvgIpc) is 2.92. The molecule has 0 fully saturated rings. The van der Waals surface area contributed by atoms with Crippen molar-refractivity contribution >= 4 is 5.96 Å². The number of hydrogen-bond acceptors (Lipinski definition) is 1. The molecule has 0 radical (unpaired) electrons. The number of aryl methyl sites for hydroxylation is 1. The maximum absolute atomic E-state index is 4.27. The molecule has 0 aromatic heterocycles. The molecule has 0 spiro atoms. The Kier molecular flexibility index (Phi) is 5.01. The second-order valence-corrected chi connectivity index (χ2v) is 4.96. The summed E-state index contributed by atoms with van der Waals surface area (Å²) in [5, 5.41) is 6.83. The van der Waals surface area contributed by atoms with Crippen LogP contribution in [0.1, 0.15) is 24.0 Å². The first-order valence-electron chi connectivity index (χ1n) is 6.96. The highest BCUT2D eigenvalue weighted by Crippen LogP contribution is 2.09. The fourth-order valence-electron chi connectivity index (χ4n) is 2.33. The van der Waals surface area contributed by atoms with Gasteiger partial charge in [0.15, 0.2) is 5.96 Å². The first kappa shape index (κ1) is 13.7. The summed E-state index contributed by atoms with van der Waals surface area (Å²) >= 11 is 0. The third-order valence-corrected chi connectivity index (χ3v) is 3.52. The molecule has 1 aromatic carbocycles. The molecule has 2 rings (SSSR count). The minimum Gasteiger partial charge on any atom is -0.356 e. The summed E-state index contributed by atoms with van der Waals surface area (Å²) in [5.41, 5.74) is 2.75. The summed E-state index contributed by atoms with van der Waals surface area (Å²) in [7, 11) is 1.82. The van der Waals surface area contributed by atoms with Gasteiger partial charge in [-0.15, -0.1) is 0 Å². The number of benzene rings is 1. The van der Waals surface area contributed by atoms with Gasteiger partial charge in [0.05, 0.1) is 0 Å². The predicted octanol–water partition coefficient (Wildman–Crippen LogP) is 2.42. The lowest BCUT2D eigenvalue weighted by molar-refractivity contribution is 0.633. The zero-order valence-corrected chi connectivity index (χ0v) is 11.8. The van der Waals surface area contributed by atoms with Crippen LogP contribution in [0.3, 0.4) is 0 Å². The van der Waals surface area contributed by atoms with Gasteiger partial charge in [-0.1, -0.05) is 36.4 Å². The fourth-order valence-corrected chi connectivity index (χ4v) is 2.33. The topological polar surface area (TPSA) is 36.4 Å². The summed E-state index contributed by atoms with van der Waals surface area (Å²) < 4.78 is 0. The highest BCUT2D eigenvalue weighted by Gasteiger charge is 2.11. The summed E-state index contributed by atoms with van der Waals surface area (Å²) in [4.78, 5) is 4.27. The van der Waals surface area contributed by atoms with Crippen LogP contribution >= 0.6 is 0 Å². The van der Waals surface area contributed by atoms with Crippen LogP contribution in [0.4, 0.5) is 0 Å². The van der Waals surface area contributed by atoms with E-state index in [2.05, 4.69) is 59.0 Å². The van der Waals surface area contributed by atoms with Crippen molar-refractivity contribution in [3.8, 4) is 0 Å². The summed E-state index contributed by atoms with van der Waals surface area (Å²) in [6, 6.07) is 9.03. The van der Waals surface area contributed by atoms with E-state index in [1.54, 1.807) is 0 Å². The van der Waals surface area contributed by atoms with Gasteiger partial charge in [0.25, 0.3) is 0 Å². The molecule has 3 nitrogen and oxygen atoms in total. The Morgan fingerprint density at radius 1 is 1.26 bits per heavy atom. The first-order valence-corrected chi connectivity index (χ1v) is 6.96. The standard InChI is InChI=1S/C16H23N3/c1-13-7-3-4-8-14(13)11-12-18-16(17-2)19-15-9-5-6-10-15/h3-8,15H,9-12H2,1-2H3,(H2,17,18,19). The van der Waals surface area contributed by atoms with Gasteiger partial charge in [-0.2, -0.15) is 0 Å². The van der Waals surface area contributed by atoms with E-state index in [9.17, 15) is 0 Å². The van der Waals surface area contributed by atoms with E-state index in [0.717, 1.165) is 31.8 Å². The molecule has 1 aliphatic rings. The molecule has 2 N–H and O–H groups in total. The maximum Gasteiger partial charge on any atom is 0.191 e. The normalized spacial score (nSPS) is 15.8. The second kappa shape index (κ2) is 6.98. The number of hydrogen-bond donors (Lipinski definition) is 2. The molecule has 3 heteroatoms. The highest BCUT2D eigenvalue weighted by atomic mass is 15.2. The van der Waals surface area contributed by atoms with E-state index < -0.39 is 0 Å². The number of nitrogens with one attached hydrogen (secondary N) is 2. The lowest BCUT2D eigenvalue weighted by Crippen LogP contribution is -2.43. The Morgan fingerprint density at radius 2 is 2.00 bits per heavy atom. The van der Waals surface area contributed by atoms with Crippen LogP contribution in [0.2, 0.25) is 0 Å². The molecule has 102 valence electrons. The molecule has 1 aromatic rings. The molecule has 0 aliphatic heterocycles. The van der Waals surface area contributed by atoms with Crippen LogP contribution in [0.25, 0.3) is 0 Å². The quantitative estimate of drug-likeness (QED) is 0.494. The fraction of sp³-hybridized carbons (Fsp3) is 0.438. The number of guanidine groups is 1. The number of nitrogens with zero attached hydrogens (tertiary/aromatic N) is 1. The Hall–Kier alpha value is -1.77. The Balaban J connectivity index is 1.76. The van der Waals surface area contributed by atoms with Gasteiger partial charge in [0, 0.05) is 19.6 Å². The Labute approximate surface area is 115 Å². The Morgan fingerprint density at radius 3 is 2.68 bits per heavy atom. The van der Waals surface area contributed by atoms with Gasteiger partial charge >= 0.3 is 0 Å². The van der Waals surface area contributed by atoms with Crippen molar-refractivity contribution in [2.45, 2.75) is 32.2 Å².